The smallest absolute Gasteiger partial charge is 0.216 e. The van der Waals surface area contributed by atoms with Gasteiger partial charge in [-0.2, -0.15) is 5.10 Å². The summed E-state index contributed by atoms with van der Waals surface area (Å²) >= 11 is 1.74. The van der Waals surface area contributed by atoms with Crippen LogP contribution in [-0.2, 0) is 11.8 Å². The van der Waals surface area contributed by atoms with Gasteiger partial charge >= 0.3 is 0 Å². The molecule has 24 heavy (non-hydrogen) atoms. The van der Waals surface area contributed by atoms with E-state index in [1.165, 1.54) is 23.4 Å². The van der Waals surface area contributed by atoms with E-state index in [1.54, 1.807) is 18.3 Å². The number of carbonyl (C=O) groups excluding carboxylic acids is 1. The van der Waals surface area contributed by atoms with Crippen LogP contribution in [0.25, 0.3) is 10.6 Å². The third-order valence-electron chi connectivity index (χ3n) is 5.53. The number of hydrogen-bond donors (Lipinski definition) is 1. The number of thiophene rings is 1. The number of amides is 1. The fraction of sp³-hybridized carbons (Fsp3) is 0.556. The van der Waals surface area contributed by atoms with E-state index in [9.17, 15) is 4.79 Å². The largest absolute Gasteiger partial charge is 0.355 e. The van der Waals surface area contributed by atoms with Gasteiger partial charge in [-0.3, -0.25) is 14.4 Å². The van der Waals surface area contributed by atoms with Crippen LogP contribution in [0.3, 0.4) is 0 Å². The van der Waals surface area contributed by atoms with Crippen molar-refractivity contribution in [2.24, 2.45) is 13.0 Å². The molecule has 0 saturated carbocycles. The quantitative estimate of drug-likeness (QED) is 0.927. The van der Waals surface area contributed by atoms with Gasteiger partial charge in [-0.15, -0.1) is 11.3 Å². The van der Waals surface area contributed by atoms with Crippen molar-refractivity contribution in [3.05, 3.63) is 29.3 Å². The standard InChI is InChI=1S/C18H24N4OS/c1-12(23)19-10-14-8-13-5-6-22(14)11-15(13)17-9-16(20-21(17)2)18-4-3-7-24-18/h3-4,7,9,13-15H,5-6,8,10-11H2,1-2H3,(H,19,23). The van der Waals surface area contributed by atoms with Gasteiger partial charge in [0, 0.05) is 44.7 Å². The Morgan fingerprint density at radius 2 is 2.38 bits per heavy atom. The fourth-order valence-electron chi connectivity index (χ4n) is 4.32. The summed E-state index contributed by atoms with van der Waals surface area (Å²) in [7, 11) is 2.07. The average Bonchev–Trinajstić information content (AvgIpc) is 3.22. The normalized spacial score (nSPS) is 28.9. The van der Waals surface area contributed by atoms with Gasteiger partial charge < -0.3 is 5.32 Å². The molecule has 4 unspecified atom stereocenters. The van der Waals surface area contributed by atoms with Crippen molar-refractivity contribution < 1.29 is 4.79 Å². The van der Waals surface area contributed by atoms with Gasteiger partial charge in [-0.1, -0.05) is 6.07 Å². The first-order chi connectivity index (χ1) is 11.6. The summed E-state index contributed by atoms with van der Waals surface area (Å²) in [4.78, 5) is 15.0. The Labute approximate surface area is 146 Å². The summed E-state index contributed by atoms with van der Waals surface area (Å²) in [6.07, 6.45) is 2.42. The molecule has 0 aromatic carbocycles. The fourth-order valence-corrected chi connectivity index (χ4v) is 5.00. The Morgan fingerprint density at radius 1 is 1.50 bits per heavy atom. The Balaban J connectivity index is 1.52. The van der Waals surface area contributed by atoms with Crippen LogP contribution >= 0.6 is 11.3 Å². The number of carbonyl (C=O) groups is 1. The lowest BCUT2D eigenvalue weighted by Gasteiger charge is -2.49. The molecule has 2 bridgehead atoms. The second kappa shape index (κ2) is 6.33. The molecular weight excluding hydrogens is 320 g/mol. The highest BCUT2D eigenvalue weighted by atomic mass is 32.1. The summed E-state index contributed by atoms with van der Waals surface area (Å²) in [6, 6.07) is 6.99. The predicted octanol–water partition coefficient (Wildman–Crippen LogP) is 2.46. The van der Waals surface area contributed by atoms with E-state index >= 15 is 0 Å². The molecule has 2 aromatic rings. The van der Waals surface area contributed by atoms with Crippen molar-refractivity contribution in [1.82, 2.24) is 20.0 Å². The van der Waals surface area contributed by atoms with E-state index in [0.29, 0.717) is 17.9 Å². The van der Waals surface area contributed by atoms with E-state index in [0.717, 1.165) is 25.3 Å². The van der Waals surface area contributed by atoms with E-state index in [2.05, 4.69) is 45.5 Å². The van der Waals surface area contributed by atoms with Gasteiger partial charge in [0.25, 0.3) is 0 Å². The molecule has 0 aliphatic carbocycles. The number of aryl methyl sites for hydroxylation is 1. The minimum Gasteiger partial charge on any atom is -0.355 e. The summed E-state index contributed by atoms with van der Waals surface area (Å²) in [5.74, 6) is 1.32. The van der Waals surface area contributed by atoms with Crippen LogP contribution in [0.5, 0.6) is 0 Å². The summed E-state index contributed by atoms with van der Waals surface area (Å²) in [6.45, 7) is 4.62. The number of nitrogens with one attached hydrogen (secondary N) is 1. The Hall–Kier alpha value is -1.66. The van der Waals surface area contributed by atoms with Crippen molar-refractivity contribution in [2.45, 2.75) is 31.7 Å². The number of hydrogen-bond acceptors (Lipinski definition) is 4. The van der Waals surface area contributed by atoms with Crippen LogP contribution in [0.4, 0.5) is 0 Å². The Kier molecular flexibility index (Phi) is 4.18. The van der Waals surface area contributed by atoms with Gasteiger partial charge in [0.05, 0.1) is 4.88 Å². The summed E-state index contributed by atoms with van der Waals surface area (Å²) in [5.41, 5.74) is 2.44. The number of aromatic nitrogens is 2. The van der Waals surface area contributed by atoms with Crippen molar-refractivity contribution in [1.29, 1.82) is 0 Å². The second-order valence-corrected chi connectivity index (χ2v) is 7.98. The lowest BCUT2D eigenvalue weighted by atomic mass is 9.74. The molecule has 1 amide bonds. The van der Waals surface area contributed by atoms with Crippen LogP contribution in [0.15, 0.2) is 23.6 Å². The first-order valence-corrected chi connectivity index (χ1v) is 9.56. The van der Waals surface area contributed by atoms with Crippen LogP contribution in [0.1, 0.15) is 31.4 Å². The number of nitrogens with zero attached hydrogens (tertiary/aromatic N) is 3. The highest BCUT2D eigenvalue weighted by molar-refractivity contribution is 7.13. The molecule has 2 aromatic heterocycles. The lowest BCUT2D eigenvalue weighted by Crippen LogP contribution is -2.56. The van der Waals surface area contributed by atoms with E-state index in [1.807, 2.05) is 0 Å². The average molecular weight is 344 g/mol. The molecule has 4 atom stereocenters. The topological polar surface area (TPSA) is 50.2 Å². The summed E-state index contributed by atoms with van der Waals surface area (Å²) < 4.78 is 2.07. The molecule has 0 spiro atoms. The van der Waals surface area contributed by atoms with Crippen molar-refractivity contribution in [2.75, 3.05) is 19.6 Å². The van der Waals surface area contributed by atoms with Crippen LogP contribution in [0, 0.1) is 5.92 Å². The van der Waals surface area contributed by atoms with Gasteiger partial charge in [-0.05, 0) is 42.8 Å². The monoisotopic (exact) mass is 344 g/mol. The van der Waals surface area contributed by atoms with Crippen molar-refractivity contribution in [3.63, 3.8) is 0 Å². The van der Waals surface area contributed by atoms with E-state index in [-0.39, 0.29) is 5.91 Å². The highest BCUT2D eigenvalue weighted by Crippen LogP contribution is 2.42. The molecule has 5 rings (SSSR count). The maximum atomic E-state index is 11.2. The van der Waals surface area contributed by atoms with Crippen LogP contribution in [-0.4, -0.2) is 46.3 Å². The molecule has 128 valence electrons. The second-order valence-electron chi connectivity index (χ2n) is 7.03. The number of fused-ring (bicyclic) bond motifs is 3. The third kappa shape index (κ3) is 2.89. The van der Waals surface area contributed by atoms with Crippen LogP contribution < -0.4 is 5.32 Å². The predicted molar refractivity (Wildman–Crippen MR) is 96.0 cm³/mol. The molecule has 3 saturated heterocycles. The zero-order valence-corrected chi connectivity index (χ0v) is 15.1. The van der Waals surface area contributed by atoms with Gasteiger partial charge in [0.2, 0.25) is 5.91 Å². The summed E-state index contributed by atoms with van der Waals surface area (Å²) in [5, 5.41) is 9.84. The Bertz CT molecular complexity index is 723. The first kappa shape index (κ1) is 15.8. The van der Waals surface area contributed by atoms with Crippen molar-refractivity contribution in [3.8, 4) is 10.6 Å². The van der Waals surface area contributed by atoms with Crippen molar-refractivity contribution >= 4 is 17.2 Å². The molecule has 1 N–H and O–H groups in total. The molecule has 6 heteroatoms. The molecule has 3 fully saturated rings. The Morgan fingerprint density at radius 3 is 3.04 bits per heavy atom. The number of rotatable bonds is 4. The molecular formula is C18H24N4OS. The number of piperidine rings is 3. The SMILES string of the molecule is CC(=O)NCC1CC2CCN1CC2c1cc(-c2cccs2)nn1C. The highest BCUT2D eigenvalue weighted by Gasteiger charge is 2.41. The van der Waals surface area contributed by atoms with E-state index in [4.69, 9.17) is 5.10 Å². The maximum Gasteiger partial charge on any atom is 0.216 e. The first-order valence-electron chi connectivity index (χ1n) is 8.68. The van der Waals surface area contributed by atoms with Gasteiger partial charge in [0.1, 0.15) is 5.69 Å². The molecule has 3 aliphatic rings. The van der Waals surface area contributed by atoms with Crippen LogP contribution in [0.2, 0.25) is 0 Å². The maximum absolute atomic E-state index is 11.2. The molecule has 5 nitrogen and oxygen atoms in total. The minimum atomic E-state index is 0.0708. The zero-order chi connectivity index (χ0) is 16.7. The van der Waals surface area contributed by atoms with Gasteiger partial charge in [0.15, 0.2) is 0 Å². The molecule has 5 heterocycles. The van der Waals surface area contributed by atoms with Gasteiger partial charge in [-0.25, -0.2) is 0 Å². The van der Waals surface area contributed by atoms with E-state index < -0.39 is 0 Å². The third-order valence-corrected chi connectivity index (χ3v) is 6.43. The lowest BCUT2D eigenvalue weighted by molar-refractivity contribution is -0.119. The zero-order valence-electron chi connectivity index (χ0n) is 14.2. The minimum absolute atomic E-state index is 0.0708. The molecule has 3 aliphatic heterocycles. The molecule has 0 radical (unpaired) electrons.